The summed E-state index contributed by atoms with van der Waals surface area (Å²) < 4.78 is 37.5. The number of hydrogen-bond donors (Lipinski definition) is 2. The Morgan fingerprint density at radius 2 is 1.59 bits per heavy atom. The molecule has 1 atom stereocenters. The molecule has 0 spiro atoms. The average Bonchev–Trinajstić information content (AvgIpc) is 2.90. The molecule has 9 heteroatoms. The van der Waals surface area contributed by atoms with Gasteiger partial charge in [-0.3, -0.25) is 9.59 Å². The fraction of sp³-hybridized carbons (Fsp3) is 0.0870. The molecule has 5 nitrogen and oxygen atoms in total. The topological polar surface area (TPSA) is 70.6 Å². The van der Waals surface area contributed by atoms with Crippen molar-refractivity contribution in [1.29, 1.82) is 0 Å². The molecule has 0 saturated carbocycles. The highest BCUT2D eigenvalue weighted by Crippen LogP contribution is 2.36. The molecule has 0 saturated heterocycles. The van der Waals surface area contributed by atoms with Gasteiger partial charge in [0.15, 0.2) is 0 Å². The van der Waals surface area contributed by atoms with Crippen LogP contribution in [-0.4, -0.2) is 29.2 Å². The first-order chi connectivity index (χ1) is 15.3. The van der Waals surface area contributed by atoms with Crippen molar-refractivity contribution < 1.29 is 22.8 Å². The van der Waals surface area contributed by atoms with Crippen LogP contribution in [0.4, 0.5) is 18.9 Å². The first-order valence-electron chi connectivity index (χ1n) is 9.50. The second-order valence-electron chi connectivity index (χ2n) is 6.83. The molecule has 2 amide bonds. The van der Waals surface area contributed by atoms with Crippen molar-refractivity contribution >= 4 is 35.0 Å². The van der Waals surface area contributed by atoms with Crippen LogP contribution in [0.15, 0.2) is 88.8 Å². The Balaban J connectivity index is 1.62. The summed E-state index contributed by atoms with van der Waals surface area (Å²) in [5, 5.41) is 5.33. The minimum atomic E-state index is -4.42. The van der Waals surface area contributed by atoms with Gasteiger partial charge in [0.25, 0.3) is 11.8 Å². The van der Waals surface area contributed by atoms with Gasteiger partial charge < -0.3 is 10.6 Å². The zero-order valence-electron chi connectivity index (χ0n) is 16.4. The summed E-state index contributed by atoms with van der Waals surface area (Å²) >= 11 is -0.267. The Labute approximate surface area is 185 Å². The van der Waals surface area contributed by atoms with E-state index in [1.54, 1.807) is 12.1 Å². The van der Waals surface area contributed by atoms with Crippen LogP contribution in [0.2, 0.25) is 0 Å². The molecule has 1 aliphatic rings. The van der Waals surface area contributed by atoms with Crippen molar-refractivity contribution in [2.75, 3.05) is 5.32 Å². The molecule has 3 aromatic carbocycles. The van der Waals surface area contributed by atoms with Gasteiger partial charge in [0, 0.05) is 21.6 Å². The molecular weight excluding hydrogens is 439 g/mol. The maximum atomic E-state index is 12.8. The van der Waals surface area contributed by atoms with Crippen LogP contribution in [0.25, 0.3) is 0 Å². The summed E-state index contributed by atoms with van der Waals surface area (Å²) in [6, 6.07) is 21.4. The lowest BCUT2D eigenvalue weighted by molar-refractivity contribution is -0.117. The average molecular weight is 455 g/mol. The third-order valence-corrected chi connectivity index (χ3v) is 5.35. The van der Waals surface area contributed by atoms with E-state index in [1.165, 1.54) is 24.3 Å². The molecule has 0 fully saturated rings. The maximum Gasteiger partial charge on any atom is 0.446 e. The van der Waals surface area contributed by atoms with E-state index in [4.69, 9.17) is 0 Å². The summed E-state index contributed by atoms with van der Waals surface area (Å²) in [6.45, 7) is 0. The number of thioether (sulfide) groups is 1. The number of carbonyl (C=O) groups is 2. The van der Waals surface area contributed by atoms with Crippen LogP contribution in [0, 0.1) is 0 Å². The molecule has 3 aromatic rings. The first-order valence-corrected chi connectivity index (χ1v) is 10.3. The van der Waals surface area contributed by atoms with E-state index < -0.39 is 23.5 Å². The second-order valence-corrected chi connectivity index (χ2v) is 7.97. The van der Waals surface area contributed by atoms with Gasteiger partial charge in [-0.25, -0.2) is 4.99 Å². The zero-order valence-corrected chi connectivity index (χ0v) is 17.2. The van der Waals surface area contributed by atoms with Crippen molar-refractivity contribution in [1.82, 2.24) is 5.32 Å². The van der Waals surface area contributed by atoms with Gasteiger partial charge in [0.2, 0.25) is 6.17 Å². The van der Waals surface area contributed by atoms with Crippen molar-refractivity contribution in [2.24, 2.45) is 4.99 Å². The van der Waals surface area contributed by atoms with Crippen LogP contribution >= 0.6 is 11.8 Å². The molecule has 1 unspecified atom stereocenters. The van der Waals surface area contributed by atoms with Crippen LogP contribution < -0.4 is 10.6 Å². The Morgan fingerprint density at radius 3 is 2.28 bits per heavy atom. The quantitative estimate of drug-likeness (QED) is 0.553. The molecule has 0 aromatic heterocycles. The summed E-state index contributed by atoms with van der Waals surface area (Å²) in [7, 11) is 0. The summed E-state index contributed by atoms with van der Waals surface area (Å²) in [5.74, 6) is -1.16. The SMILES string of the molecule is O=C(NC1N=C(c2ccccc2)c2ccccc2NC1=O)c1ccc(SC(F)(F)F)cc1. The number of halogens is 3. The minimum Gasteiger partial charge on any atom is -0.322 e. The number of amides is 2. The number of para-hydroxylation sites is 1. The molecular formula is C23H16F3N3O2S. The molecule has 1 aliphatic heterocycles. The molecule has 1 heterocycles. The third-order valence-electron chi connectivity index (χ3n) is 4.61. The van der Waals surface area contributed by atoms with E-state index in [-0.39, 0.29) is 22.2 Å². The molecule has 4 rings (SSSR count). The van der Waals surface area contributed by atoms with Gasteiger partial charge in [-0.2, -0.15) is 13.2 Å². The smallest absolute Gasteiger partial charge is 0.322 e. The number of aliphatic imine (C=N–C) groups is 1. The number of anilines is 1. The minimum absolute atomic E-state index is 0.0407. The number of rotatable bonds is 4. The molecule has 0 aliphatic carbocycles. The number of nitrogens with zero attached hydrogens (tertiary/aromatic N) is 1. The molecule has 2 N–H and O–H groups in total. The molecule has 0 bridgehead atoms. The highest BCUT2D eigenvalue weighted by Gasteiger charge is 2.30. The Morgan fingerprint density at radius 1 is 0.938 bits per heavy atom. The van der Waals surface area contributed by atoms with E-state index >= 15 is 0 Å². The number of hydrogen-bond acceptors (Lipinski definition) is 4. The number of fused-ring (bicyclic) bond motifs is 1. The standard InChI is InChI=1S/C23H16F3N3O2S/c24-23(25,26)32-16-12-10-15(11-13-16)21(30)29-20-22(31)27-18-9-5-4-8-17(18)19(28-20)14-6-2-1-3-7-14/h1-13,20H,(H,27,31)(H,29,30). The van der Waals surface area contributed by atoms with E-state index in [0.717, 1.165) is 5.56 Å². The summed E-state index contributed by atoms with van der Waals surface area (Å²) in [6.07, 6.45) is -1.23. The van der Waals surface area contributed by atoms with Crippen molar-refractivity contribution in [3.8, 4) is 0 Å². The van der Waals surface area contributed by atoms with Gasteiger partial charge in [0.05, 0.1) is 11.4 Å². The number of benzene rings is 3. The fourth-order valence-electron chi connectivity index (χ4n) is 3.20. The van der Waals surface area contributed by atoms with E-state index in [9.17, 15) is 22.8 Å². The highest BCUT2D eigenvalue weighted by atomic mass is 32.2. The molecule has 0 radical (unpaired) electrons. The predicted octanol–water partition coefficient (Wildman–Crippen LogP) is 4.84. The van der Waals surface area contributed by atoms with Crippen LogP contribution in [-0.2, 0) is 4.79 Å². The number of nitrogens with one attached hydrogen (secondary N) is 2. The molecule has 162 valence electrons. The van der Waals surface area contributed by atoms with Gasteiger partial charge in [-0.15, -0.1) is 0 Å². The zero-order chi connectivity index (χ0) is 22.7. The van der Waals surface area contributed by atoms with Crippen molar-refractivity contribution in [3.63, 3.8) is 0 Å². The van der Waals surface area contributed by atoms with E-state index in [1.807, 2.05) is 42.5 Å². The van der Waals surface area contributed by atoms with Crippen molar-refractivity contribution in [2.45, 2.75) is 16.6 Å². The number of benzodiazepines with no additional fused rings is 1. The number of alkyl halides is 3. The van der Waals surface area contributed by atoms with Gasteiger partial charge >= 0.3 is 5.51 Å². The monoisotopic (exact) mass is 455 g/mol. The first kappa shape index (κ1) is 21.6. The Hall–Kier alpha value is -3.59. The van der Waals surface area contributed by atoms with E-state index in [2.05, 4.69) is 15.6 Å². The largest absolute Gasteiger partial charge is 0.446 e. The van der Waals surface area contributed by atoms with Crippen LogP contribution in [0.3, 0.4) is 0 Å². The lowest BCUT2D eigenvalue weighted by Gasteiger charge is -2.14. The Bertz CT molecular complexity index is 1180. The second kappa shape index (κ2) is 8.88. The lowest BCUT2D eigenvalue weighted by atomic mass is 10.0. The third kappa shape index (κ3) is 5.00. The highest BCUT2D eigenvalue weighted by molar-refractivity contribution is 8.00. The summed E-state index contributed by atoms with van der Waals surface area (Å²) in [4.78, 5) is 29.9. The lowest BCUT2D eigenvalue weighted by Crippen LogP contribution is -2.42. The van der Waals surface area contributed by atoms with Crippen LogP contribution in [0.5, 0.6) is 0 Å². The maximum absolute atomic E-state index is 12.8. The van der Waals surface area contributed by atoms with Gasteiger partial charge in [-0.1, -0.05) is 48.5 Å². The number of carbonyl (C=O) groups excluding carboxylic acids is 2. The van der Waals surface area contributed by atoms with Gasteiger partial charge in [0.1, 0.15) is 0 Å². The Kier molecular flexibility index (Phi) is 6.00. The van der Waals surface area contributed by atoms with Gasteiger partial charge in [-0.05, 0) is 42.1 Å². The normalized spacial score (nSPS) is 15.8. The summed E-state index contributed by atoms with van der Waals surface area (Å²) in [5.41, 5.74) is -1.74. The van der Waals surface area contributed by atoms with Crippen molar-refractivity contribution in [3.05, 3.63) is 95.6 Å². The van der Waals surface area contributed by atoms with E-state index in [0.29, 0.717) is 17.0 Å². The molecule has 32 heavy (non-hydrogen) atoms. The van der Waals surface area contributed by atoms with Crippen LogP contribution in [0.1, 0.15) is 21.5 Å². The predicted molar refractivity (Wildman–Crippen MR) is 117 cm³/mol. The fourth-order valence-corrected chi connectivity index (χ4v) is 3.74.